The van der Waals surface area contributed by atoms with Crippen LogP contribution in [0.4, 0.5) is 0 Å². The van der Waals surface area contributed by atoms with Gasteiger partial charge in [0.2, 0.25) is 5.91 Å². The summed E-state index contributed by atoms with van der Waals surface area (Å²) in [5.74, 6) is 1.38. The molecule has 2 aliphatic carbocycles. The zero-order chi connectivity index (χ0) is 12.7. The summed E-state index contributed by atoms with van der Waals surface area (Å²) in [5, 5.41) is 2.97. The molecule has 0 unspecified atom stereocenters. The van der Waals surface area contributed by atoms with Gasteiger partial charge in [-0.3, -0.25) is 9.78 Å². The van der Waals surface area contributed by atoms with Crippen molar-refractivity contribution in [1.29, 1.82) is 0 Å². The zero-order valence-corrected chi connectivity index (χ0v) is 11.6. The number of aromatic nitrogens is 1. The van der Waals surface area contributed by atoms with Crippen LogP contribution in [0.1, 0.15) is 18.5 Å². The maximum Gasteiger partial charge on any atom is 0.223 e. The number of carbonyl (C=O) groups excluding carboxylic acids is 1. The molecule has 5 heteroatoms. The van der Waals surface area contributed by atoms with E-state index in [0.29, 0.717) is 18.4 Å². The van der Waals surface area contributed by atoms with Crippen LogP contribution in [0.2, 0.25) is 0 Å². The molecule has 0 bridgehead atoms. The van der Waals surface area contributed by atoms with E-state index in [1.165, 1.54) is 0 Å². The van der Waals surface area contributed by atoms with Gasteiger partial charge in [0.15, 0.2) is 0 Å². The van der Waals surface area contributed by atoms with E-state index in [4.69, 9.17) is 5.73 Å². The molecule has 0 aromatic carbocycles. The molecule has 2 fully saturated rings. The van der Waals surface area contributed by atoms with E-state index < -0.39 is 0 Å². The summed E-state index contributed by atoms with van der Waals surface area (Å²) < 4.78 is 0.928. The van der Waals surface area contributed by atoms with Crippen LogP contribution in [0.5, 0.6) is 0 Å². The highest BCUT2D eigenvalue weighted by molar-refractivity contribution is 9.10. The molecule has 4 nitrogen and oxygen atoms in total. The van der Waals surface area contributed by atoms with E-state index in [1.807, 2.05) is 12.1 Å². The molecular weight excluding hydrogens is 294 g/mol. The third-order valence-corrected chi connectivity index (χ3v) is 4.81. The lowest BCUT2D eigenvalue weighted by Gasteiger charge is -2.14. The van der Waals surface area contributed by atoms with Crippen LogP contribution in [-0.2, 0) is 11.3 Å². The van der Waals surface area contributed by atoms with E-state index in [2.05, 4.69) is 26.2 Å². The Kier molecular flexibility index (Phi) is 3.11. The van der Waals surface area contributed by atoms with Crippen LogP contribution in [-0.4, -0.2) is 16.9 Å². The van der Waals surface area contributed by atoms with Crippen molar-refractivity contribution in [2.45, 2.75) is 25.4 Å². The van der Waals surface area contributed by atoms with Gasteiger partial charge in [-0.15, -0.1) is 0 Å². The van der Waals surface area contributed by atoms with Crippen molar-refractivity contribution < 1.29 is 4.79 Å². The van der Waals surface area contributed by atoms with Crippen LogP contribution < -0.4 is 11.1 Å². The van der Waals surface area contributed by atoms with Crippen molar-refractivity contribution in [3.05, 3.63) is 28.5 Å². The molecule has 0 saturated heterocycles. The predicted octanol–water partition coefficient (Wildman–Crippen LogP) is 1.44. The van der Waals surface area contributed by atoms with Crippen LogP contribution in [0, 0.1) is 17.8 Å². The lowest BCUT2D eigenvalue weighted by molar-refractivity contribution is -0.125. The van der Waals surface area contributed by atoms with Crippen LogP contribution in [0.15, 0.2) is 22.8 Å². The molecule has 2 aliphatic rings. The second-order valence-electron chi connectivity index (χ2n) is 5.22. The number of nitrogens with two attached hydrogens (primary N) is 1. The van der Waals surface area contributed by atoms with Gasteiger partial charge in [0.1, 0.15) is 0 Å². The lowest BCUT2D eigenvalue weighted by Crippen LogP contribution is -2.32. The summed E-state index contributed by atoms with van der Waals surface area (Å²) in [6, 6.07) is 4.02. The maximum atomic E-state index is 12.1. The minimum absolute atomic E-state index is 0.118. The van der Waals surface area contributed by atoms with Crippen molar-refractivity contribution in [2.24, 2.45) is 23.5 Å². The minimum Gasteiger partial charge on any atom is -0.350 e. The number of fused-ring (bicyclic) bond motifs is 1. The Labute approximate surface area is 114 Å². The smallest absolute Gasteiger partial charge is 0.223 e. The number of rotatable bonds is 3. The van der Waals surface area contributed by atoms with Gasteiger partial charge in [0.25, 0.3) is 0 Å². The van der Waals surface area contributed by atoms with Gasteiger partial charge in [0, 0.05) is 22.6 Å². The quantitative estimate of drug-likeness (QED) is 0.888. The van der Waals surface area contributed by atoms with E-state index in [-0.39, 0.29) is 17.9 Å². The molecule has 1 amide bonds. The molecule has 4 atom stereocenters. The Hall–Kier alpha value is -0.940. The Balaban J connectivity index is 1.58. The number of hydrogen-bond donors (Lipinski definition) is 2. The molecule has 2 saturated carbocycles. The third-order valence-electron chi connectivity index (χ3n) is 4.09. The van der Waals surface area contributed by atoms with Crippen molar-refractivity contribution >= 4 is 21.8 Å². The first-order valence-electron chi connectivity index (χ1n) is 6.29. The first kappa shape index (κ1) is 12.1. The van der Waals surface area contributed by atoms with Crippen molar-refractivity contribution in [3.8, 4) is 0 Å². The van der Waals surface area contributed by atoms with Crippen molar-refractivity contribution in [2.75, 3.05) is 0 Å². The number of halogens is 1. The molecule has 96 valence electrons. The standard InChI is InChI=1S/C13H16BrN3O/c14-10-2-1-3-16-12(10)6-17-13(18)9-5-11(15)8-4-7(8)9/h1-3,7-9,11H,4-6,15H2,(H,17,18)/t7-,8+,9-,11+/m0/s1. The highest BCUT2D eigenvalue weighted by Gasteiger charge is 2.55. The van der Waals surface area contributed by atoms with Gasteiger partial charge in [-0.1, -0.05) is 0 Å². The Morgan fingerprint density at radius 1 is 1.50 bits per heavy atom. The molecule has 0 spiro atoms. The normalized spacial score (nSPS) is 33.0. The Morgan fingerprint density at radius 3 is 2.94 bits per heavy atom. The lowest BCUT2D eigenvalue weighted by atomic mass is 10.0. The van der Waals surface area contributed by atoms with Gasteiger partial charge in [-0.25, -0.2) is 0 Å². The summed E-state index contributed by atoms with van der Waals surface area (Å²) in [6.07, 6.45) is 3.70. The maximum absolute atomic E-state index is 12.1. The number of pyridine rings is 1. The zero-order valence-electron chi connectivity index (χ0n) is 9.97. The fraction of sp³-hybridized carbons (Fsp3) is 0.538. The Bertz CT molecular complexity index is 479. The van der Waals surface area contributed by atoms with Gasteiger partial charge in [0.05, 0.1) is 12.2 Å². The van der Waals surface area contributed by atoms with Gasteiger partial charge in [-0.2, -0.15) is 0 Å². The largest absolute Gasteiger partial charge is 0.350 e. The van der Waals surface area contributed by atoms with E-state index in [9.17, 15) is 4.79 Å². The second-order valence-corrected chi connectivity index (χ2v) is 6.07. The highest BCUT2D eigenvalue weighted by atomic mass is 79.9. The molecule has 1 heterocycles. The molecule has 3 rings (SSSR count). The summed E-state index contributed by atoms with van der Waals surface area (Å²) >= 11 is 3.43. The topological polar surface area (TPSA) is 68.0 Å². The second kappa shape index (κ2) is 4.63. The molecule has 1 aromatic heterocycles. The van der Waals surface area contributed by atoms with Gasteiger partial charge < -0.3 is 11.1 Å². The van der Waals surface area contributed by atoms with Crippen LogP contribution >= 0.6 is 15.9 Å². The van der Waals surface area contributed by atoms with Crippen molar-refractivity contribution in [1.82, 2.24) is 10.3 Å². The molecule has 0 radical (unpaired) electrons. The average molecular weight is 310 g/mol. The third kappa shape index (κ3) is 2.17. The minimum atomic E-state index is 0.118. The van der Waals surface area contributed by atoms with Crippen molar-refractivity contribution in [3.63, 3.8) is 0 Å². The number of nitrogens with one attached hydrogen (secondary N) is 1. The first-order chi connectivity index (χ1) is 8.66. The molecule has 3 N–H and O–H groups in total. The number of amides is 1. The average Bonchev–Trinajstić information content (AvgIpc) is 3.08. The summed E-state index contributed by atoms with van der Waals surface area (Å²) in [6.45, 7) is 0.476. The van der Waals surface area contributed by atoms with E-state index in [0.717, 1.165) is 23.0 Å². The molecule has 18 heavy (non-hydrogen) atoms. The van der Waals surface area contributed by atoms with Gasteiger partial charge in [-0.05, 0) is 52.7 Å². The summed E-state index contributed by atoms with van der Waals surface area (Å²) in [5.41, 5.74) is 6.84. The summed E-state index contributed by atoms with van der Waals surface area (Å²) in [7, 11) is 0. The SMILES string of the molecule is N[C@@H]1C[C@H](C(=O)NCc2ncccc2Br)[C@H]2C[C@H]21. The molecular formula is C13H16BrN3O. The monoisotopic (exact) mass is 309 g/mol. The molecule has 0 aliphatic heterocycles. The fourth-order valence-corrected chi connectivity index (χ4v) is 3.38. The van der Waals surface area contributed by atoms with E-state index >= 15 is 0 Å². The first-order valence-corrected chi connectivity index (χ1v) is 7.09. The van der Waals surface area contributed by atoms with Crippen LogP contribution in [0.25, 0.3) is 0 Å². The molecule has 1 aromatic rings. The number of hydrogen-bond acceptors (Lipinski definition) is 3. The predicted molar refractivity (Wildman–Crippen MR) is 71.5 cm³/mol. The Morgan fingerprint density at radius 2 is 2.33 bits per heavy atom. The number of carbonyl (C=O) groups is 1. The highest BCUT2D eigenvalue weighted by Crippen LogP contribution is 2.54. The van der Waals surface area contributed by atoms with Gasteiger partial charge >= 0.3 is 0 Å². The fourth-order valence-electron chi connectivity index (χ4n) is 2.99. The van der Waals surface area contributed by atoms with Crippen LogP contribution in [0.3, 0.4) is 0 Å². The number of nitrogens with zero attached hydrogens (tertiary/aromatic N) is 1. The summed E-state index contributed by atoms with van der Waals surface area (Å²) in [4.78, 5) is 16.3. The van der Waals surface area contributed by atoms with E-state index in [1.54, 1.807) is 6.20 Å².